The summed E-state index contributed by atoms with van der Waals surface area (Å²) in [7, 11) is -3.89. The fourth-order valence-electron chi connectivity index (χ4n) is 5.39. The monoisotopic (exact) mass is 629 g/mol. The van der Waals surface area contributed by atoms with Gasteiger partial charge in [-0.15, -0.1) is 0 Å². The first-order chi connectivity index (χ1) is 20.0. The zero-order valence-corrected chi connectivity index (χ0v) is 26.3. The molecule has 0 aliphatic heterocycles. The van der Waals surface area contributed by atoms with Crippen molar-refractivity contribution in [1.82, 2.24) is 10.2 Å². The summed E-state index contributed by atoms with van der Waals surface area (Å²) in [4.78, 5) is 29.7. The second kappa shape index (κ2) is 14.4. The Morgan fingerprint density at radius 2 is 1.60 bits per heavy atom. The van der Waals surface area contributed by atoms with Crippen molar-refractivity contribution in [3.63, 3.8) is 0 Å². The number of anilines is 1. The molecule has 1 aliphatic carbocycles. The van der Waals surface area contributed by atoms with E-state index < -0.39 is 28.5 Å². The zero-order valence-electron chi connectivity index (χ0n) is 23.9. The van der Waals surface area contributed by atoms with Gasteiger partial charge < -0.3 is 10.2 Å². The van der Waals surface area contributed by atoms with E-state index in [-0.39, 0.29) is 24.9 Å². The highest BCUT2D eigenvalue weighted by Gasteiger charge is 2.34. The molecule has 1 N–H and O–H groups in total. The molecule has 0 aromatic heterocycles. The lowest BCUT2D eigenvalue weighted by molar-refractivity contribution is -0.140. The molecule has 1 saturated carbocycles. The Bertz CT molecular complexity index is 1490. The van der Waals surface area contributed by atoms with Gasteiger partial charge in [0.15, 0.2) is 0 Å². The minimum absolute atomic E-state index is 0.0364. The predicted octanol–water partition coefficient (Wildman–Crippen LogP) is 6.16. The molecule has 0 saturated heterocycles. The van der Waals surface area contributed by atoms with Crippen molar-refractivity contribution in [2.45, 2.75) is 64.1 Å². The van der Waals surface area contributed by atoms with E-state index in [0.29, 0.717) is 21.3 Å². The fraction of sp³-hybridized carbons (Fsp3) is 0.375. The first-order valence-corrected chi connectivity index (χ1v) is 16.7. The number of rotatable bonds is 11. The van der Waals surface area contributed by atoms with Crippen LogP contribution in [-0.4, -0.2) is 50.0 Å². The van der Waals surface area contributed by atoms with Gasteiger partial charge in [-0.05, 0) is 60.7 Å². The van der Waals surface area contributed by atoms with Crippen LogP contribution >= 0.6 is 23.2 Å². The number of hydrogen-bond acceptors (Lipinski definition) is 4. The Morgan fingerprint density at radius 3 is 2.26 bits per heavy atom. The molecule has 0 radical (unpaired) electrons. The average molecular weight is 631 g/mol. The van der Waals surface area contributed by atoms with E-state index in [9.17, 15) is 18.0 Å². The normalized spacial score (nSPS) is 14.7. The number of hydrogen-bond donors (Lipinski definition) is 1. The maximum absolute atomic E-state index is 14.3. The average Bonchev–Trinajstić information content (AvgIpc) is 2.95. The molecule has 1 atom stereocenters. The van der Waals surface area contributed by atoms with Crippen LogP contribution in [0.15, 0.2) is 72.8 Å². The Labute approximate surface area is 258 Å². The molecule has 0 heterocycles. The van der Waals surface area contributed by atoms with Crippen molar-refractivity contribution in [2.24, 2.45) is 0 Å². The summed E-state index contributed by atoms with van der Waals surface area (Å²) in [5.41, 5.74) is 2.46. The first kappa shape index (κ1) is 31.9. The van der Waals surface area contributed by atoms with Gasteiger partial charge in [-0.1, -0.05) is 91.0 Å². The Kier molecular flexibility index (Phi) is 10.9. The molecule has 7 nitrogen and oxygen atoms in total. The van der Waals surface area contributed by atoms with Crippen molar-refractivity contribution in [3.05, 3.63) is 99.5 Å². The van der Waals surface area contributed by atoms with Gasteiger partial charge in [0, 0.05) is 29.1 Å². The molecule has 4 rings (SSSR count). The summed E-state index contributed by atoms with van der Waals surface area (Å²) < 4.78 is 27.1. The second-order valence-electron chi connectivity index (χ2n) is 10.9. The largest absolute Gasteiger partial charge is 0.352 e. The van der Waals surface area contributed by atoms with Crippen LogP contribution in [0.2, 0.25) is 10.0 Å². The summed E-state index contributed by atoms with van der Waals surface area (Å²) >= 11 is 12.6. The molecule has 2 amide bonds. The highest BCUT2D eigenvalue weighted by molar-refractivity contribution is 7.92. The van der Waals surface area contributed by atoms with Crippen LogP contribution in [0.25, 0.3) is 0 Å². The van der Waals surface area contributed by atoms with Crippen LogP contribution in [0.4, 0.5) is 5.69 Å². The third-order valence-corrected chi connectivity index (χ3v) is 9.42. The summed E-state index contributed by atoms with van der Waals surface area (Å²) in [6.45, 7) is 1.28. The Hall–Kier alpha value is -3.07. The topological polar surface area (TPSA) is 86.8 Å². The lowest BCUT2D eigenvalue weighted by Crippen LogP contribution is -2.55. The minimum atomic E-state index is -3.89. The van der Waals surface area contributed by atoms with Gasteiger partial charge in [0.2, 0.25) is 21.8 Å². The molecule has 224 valence electrons. The maximum atomic E-state index is 14.3. The molecule has 10 heteroatoms. The molecular weight excluding hydrogens is 593 g/mol. The van der Waals surface area contributed by atoms with E-state index in [2.05, 4.69) is 5.32 Å². The van der Waals surface area contributed by atoms with Gasteiger partial charge in [-0.3, -0.25) is 13.9 Å². The van der Waals surface area contributed by atoms with E-state index in [0.717, 1.165) is 53.8 Å². The van der Waals surface area contributed by atoms with E-state index in [1.165, 1.54) is 4.90 Å². The lowest BCUT2D eigenvalue weighted by Gasteiger charge is -2.35. The van der Waals surface area contributed by atoms with Crippen LogP contribution in [-0.2, 0) is 32.6 Å². The van der Waals surface area contributed by atoms with Gasteiger partial charge in [0.25, 0.3) is 0 Å². The number of benzene rings is 3. The summed E-state index contributed by atoms with van der Waals surface area (Å²) in [5, 5.41) is 4.08. The Morgan fingerprint density at radius 1 is 0.929 bits per heavy atom. The SMILES string of the molecule is Cc1c(Cl)cccc1N(CC(=O)N(Cc1cccc(Cl)c1)[C@H](Cc1ccccc1)C(=O)NC1CCCCC1)S(C)(=O)=O. The predicted molar refractivity (Wildman–Crippen MR) is 169 cm³/mol. The summed E-state index contributed by atoms with van der Waals surface area (Å²) in [5.74, 6) is -0.773. The van der Waals surface area contributed by atoms with Crippen LogP contribution < -0.4 is 9.62 Å². The van der Waals surface area contributed by atoms with Gasteiger partial charge >= 0.3 is 0 Å². The number of nitrogens with one attached hydrogen (secondary N) is 1. The standard InChI is InChI=1S/C32H37Cl2N3O4S/c1-23-28(34)17-10-18-29(23)37(42(2,40)41)22-31(38)36(21-25-13-9-14-26(33)19-25)30(20-24-11-5-3-6-12-24)32(39)35-27-15-7-4-8-16-27/h3,5-6,9-14,17-19,27,30H,4,7-8,15-16,20-22H2,1-2H3,(H,35,39)/t30-/m1/s1. The van der Waals surface area contributed by atoms with Crippen LogP contribution in [0, 0.1) is 6.92 Å². The second-order valence-corrected chi connectivity index (χ2v) is 13.6. The van der Waals surface area contributed by atoms with Crippen molar-refractivity contribution < 1.29 is 18.0 Å². The quantitative estimate of drug-likeness (QED) is 0.275. The molecule has 1 aliphatic rings. The van der Waals surface area contributed by atoms with Gasteiger partial charge in [-0.2, -0.15) is 0 Å². The van der Waals surface area contributed by atoms with Gasteiger partial charge in [-0.25, -0.2) is 8.42 Å². The van der Waals surface area contributed by atoms with Crippen molar-refractivity contribution >= 4 is 50.7 Å². The Balaban J connectivity index is 1.74. The molecule has 1 fully saturated rings. The minimum Gasteiger partial charge on any atom is -0.352 e. The third-order valence-electron chi connectivity index (χ3n) is 7.65. The third kappa shape index (κ3) is 8.49. The van der Waals surface area contributed by atoms with Crippen LogP contribution in [0.3, 0.4) is 0 Å². The molecule has 0 unspecified atom stereocenters. The summed E-state index contributed by atoms with van der Waals surface area (Å²) in [6.07, 6.45) is 6.33. The first-order valence-electron chi connectivity index (χ1n) is 14.1. The van der Waals surface area contributed by atoms with Crippen LogP contribution in [0.1, 0.15) is 48.8 Å². The van der Waals surface area contributed by atoms with Crippen molar-refractivity contribution in [2.75, 3.05) is 17.1 Å². The van der Waals surface area contributed by atoms with Crippen molar-refractivity contribution in [1.29, 1.82) is 0 Å². The smallest absolute Gasteiger partial charge is 0.244 e. The molecular formula is C32H37Cl2N3O4S. The van der Waals surface area contributed by atoms with Gasteiger partial charge in [0.05, 0.1) is 11.9 Å². The highest BCUT2D eigenvalue weighted by atomic mass is 35.5. The molecule has 3 aromatic carbocycles. The van der Waals surface area contributed by atoms with E-state index >= 15 is 0 Å². The maximum Gasteiger partial charge on any atom is 0.244 e. The molecule has 0 spiro atoms. The fourth-order valence-corrected chi connectivity index (χ4v) is 6.67. The zero-order chi connectivity index (χ0) is 30.3. The number of sulfonamides is 1. The number of carbonyl (C=O) groups is 2. The lowest BCUT2D eigenvalue weighted by atomic mass is 9.94. The molecule has 3 aromatic rings. The van der Waals surface area contributed by atoms with E-state index in [4.69, 9.17) is 23.2 Å². The molecule has 0 bridgehead atoms. The highest BCUT2D eigenvalue weighted by Crippen LogP contribution is 2.29. The van der Waals surface area contributed by atoms with E-state index in [1.807, 2.05) is 36.4 Å². The number of halogens is 2. The van der Waals surface area contributed by atoms with Crippen LogP contribution in [0.5, 0.6) is 0 Å². The number of amides is 2. The van der Waals surface area contributed by atoms with Gasteiger partial charge in [0.1, 0.15) is 12.6 Å². The number of carbonyl (C=O) groups excluding carboxylic acids is 2. The molecule has 42 heavy (non-hydrogen) atoms. The van der Waals surface area contributed by atoms with E-state index in [1.54, 1.807) is 43.3 Å². The number of nitrogens with zero attached hydrogens (tertiary/aromatic N) is 2. The summed E-state index contributed by atoms with van der Waals surface area (Å²) in [6, 6.07) is 20.7. The van der Waals surface area contributed by atoms with Crippen molar-refractivity contribution in [3.8, 4) is 0 Å².